The highest BCUT2D eigenvalue weighted by atomic mass is 32.1. The number of aryl methyl sites for hydroxylation is 1. The number of anilines is 2. The van der Waals surface area contributed by atoms with Gasteiger partial charge in [-0.25, -0.2) is 0 Å². The molecule has 1 saturated carbocycles. The lowest BCUT2D eigenvalue weighted by atomic mass is 10.1. The number of amides is 2. The average Bonchev–Trinajstić information content (AvgIpc) is 3.25. The molecule has 0 atom stereocenters. The Labute approximate surface area is 144 Å². The predicted molar refractivity (Wildman–Crippen MR) is 94.9 cm³/mol. The van der Waals surface area contributed by atoms with Crippen molar-refractivity contribution in [3.63, 3.8) is 0 Å². The molecule has 1 fully saturated rings. The summed E-state index contributed by atoms with van der Waals surface area (Å²) in [6, 6.07) is 8.67. The fraction of sp³-hybridized carbons (Fsp3) is 0.235. The van der Waals surface area contributed by atoms with Crippen molar-refractivity contribution in [3.8, 4) is 0 Å². The van der Waals surface area contributed by atoms with Crippen LogP contribution >= 0.6 is 12.2 Å². The first kappa shape index (κ1) is 16.2. The SMILES string of the molecule is Cc1ccc(NC(=S)NC(=O)c2ccco2)cc1NC(=O)C1CC1. The van der Waals surface area contributed by atoms with Gasteiger partial charge in [-0.15, -0.1) is 0 Å². The van der Waals surface area contributed by atoms with Crippen molar-refractivity contribution < 1.29 is 14.0 Å². The largest absolute Gasteiger partial charge is 0.459 e. The minimum absolute atomic E-state index is 0.0453. The van der Waals surface area contributed by atoms with Gasteiger partial charge in [0.15, 0.2) is 10.9 Å². The molecule has 0 radical (unpaired) electrons. The van der Waals surface area contributed by atoms with Crippen LogP contribution in [0, 0.1) is 12.8 Å². The molecule has 0 unspecified atom stereocenters. The molecule has 2 amide bonds. The van der Waals surface area contributed by atoms with Crippen LogP contribution < -0.4 is 16.0 Å². The van der Waals surface area contributed by atoms with Crippen LogP contribution in [-0.4, -0.2) is 16.9 Å². The first-order valence-corrected chi connectivity index (χ1v) is 8.01. The second-order valence-electron chi connectivity index (χ2n) is 5.68. The van der Waals surface area contributed by atoms with Crippen LogP contribution in [0.3, 0.4) is 0 Å². The number of carbonyl (C=O) groups excluding carboxylic acids is 2. The fourth-order valence-electron chi connectivity index (χ4n) is 2.15. The second kappa shape index (κ2) is 6.84. The van der Waals surface area contributed by atoms with E-state index in [9.17, 15) is 9.59 Å². The van der Waals surface area contributed by atoms with E-state index in [0.717, 1.165) is 24.1 Å². The molecule has 7 heteroatoms. The Bertz CT molecular complexity index is 782. The molecule has 2 aromatic rings. The molecule has 1 aliphatic rings. The molecule has 3 rings (SSSR count). The minimum Gasteiger partial charge on any atom is -0.459 e. The number of thiocarbonyl (C=S) groups is 1. The summed E-state index contributed by atoms with van der Waals surface area (Å²) in [6.07, 6.45) is 3.32. The third-order valence-electron chi connectivity index (χ3n) is 3.67. The normalized spacial score (nSPS) is 13.2. The highest BCUT2D eigenvalue weighted by molar-refractivity contribution is 7.80. The summed E-state index contributed by atoms with van der Waals surface area (Å²) in [7, 11) is 0. The summed E-state index contributed by atoms with van der Waals surface area (Å²) < 4.78 is 5.01. The van der Waals surface area contributed by atoms with Crippen LogP contribution in [0.2, 0.25) is 0 Å². The zero-order chi connectivity index (χ0) is 17.1. The van der Waals surface area contributed by atoms with Gasteiger partial charge in [0.25, 0.3) is 5.91 Å². The van der Waals surface area contributed by atoms with Crippen LogP contribution in [0.15, 0.2) is 41.0 Å². The Morgan fingerprint density at radius 2 is 2.00 bits per heavy atom. The molecule has 3 N–H and O–H groups in total. The van der Waals surface area contributed by atoms with Gasteiger partial charge in [-0.05, 0) is 61.8 Å². The Morgan fingerprint density at radius 1 is 1.21 bits per heavy atom. The van der Waals surface area contributed by atoms with Crippen molar-refractivity contribution in [1.29, 1.82) is 0 Å². The Morgan fingerprint density at radius 3 is 2.67 bits per heavy atom. The lowest BCUT2D eigenvalue weighted by Crippen LogP contribution is -2.33. The van der Waals surface area contributed by atoms with E-state index in [2.05, 4.69) is 16.0 Å². The summed E-state index contributed by atoms with van der Waals surface area (Å²) >= 11 is 5.13. The van der Waals surface area contributed by atoms with Gasteiger partial charge in [0, 0.05) is 17.3 Å². The maximum Gasteiger partial charge on any atom is 0.293 e. The molecule has 0 spiro atoms. The van der Waals surface area contributed by atoms with Gasteiger partial charge in [0.2, 0.25) is 5.91 Å². The minimum atomic E-state index is -0.424. The van der Waals surface area contributed by atoms with Crippen LogP contribution in [0.5, 0.6) is 0 Å². The summed E-state index contributed by atoms with van der Waals surface area (Å²) in [5.74, 6) is -0.0639. The van der Waals surface area contributed by atoms with Crippen molar-refractivity contribution in [2.24, 2.45) is 5.92 Å². The number of carbonyl (C=O) groups is 2. The molecule has 1 aromatic carbocycles. The third-order valence-corrected chi connectivity index (χ3v) is 3.88. The average molecular weight is 343 g/mol. The second-order valence-corrected chi connectivity index (χ2v) is 6.09. The van der Waals surface area contributed by atoms with Gasteiger partial charge in [-0.3, -0.25) is 14.9 Å². The van der Waals surface area contributed by atoms with E-state index in [1.54, 1.807) is 18.2 Å². The monoisotopic (exact) mass is 343 g/mol. The maximum absolute atomic E-state index is 11.9. The third kappa shape index (κ3) is 3.99. The van der Waals surface area contributed by atoms with Gasteiger partial charge < -0.3 is 15.1 Å². The smallest absolute Gasteiger partial charge is 0.293 e. The number of hydrogen-bond acceptors (Lipinski definition) is 4. The van der Waals surface area contributed by atoms with Crippen molar-refractivity contribution in [3.05, 3.63) is 47.9 Å². The van der Waals surface area contributed by atoms with Gasteiger partial charge in [0.05, 0.1) is 6.26 Å². The first-order valence-electron chi connectivity index (χ1n) is 7.60. The van der Waals surface area contributed by atoms with Gasteiger partial charge in [0.1, 0.15) is 0 Å². The summed E-state index contributed by atoms with van der Waals surface area (Å²) in [5, 5.41) is 8.54. The van der Waals surface area contributed by atoms with Crippen molar-refractivity contribution >= 4 is 40.5 Å². The van der Waals surface area contributed by atoms with E-state index in [1.165, 1.54) is 6.26 Å². The first-order chi connectivity index (χ1) is 11.5. The summed E-state index contributed by atoms with van der Waals surface area (Å²) in [5.41, 5.74) is 2.37. The number of hydrogen-bond donors (Lipinski definition) is 3. The molecule has 124 valence electrons. The maximum atomic E-state index is 11.9. The van der Waals surface area contributed by atoms with E-state index in [4.69, 9.17) is 16.6 Å². The topological polar surface area (TPSA) is 83.4 Å². The molecule has 1 aromatic heterocycles. The molecule has 0 saturated heterocycles. The molecule has 1 heterocycles. The van der Waals surface area contributed by atoms with Crippen molar-refractivity contribution in [2.45, 2.75) is 19.8 Å². The highest BCUT2D eigenvalue weighted by Gasteiger charge is 2.29. The summed E-state index contributed by atoms with van der Waals surface area (Å²) in [4.78, 5) is 23.8. The van der Waals surface area contributed by atoms with Crippen LogP contribution in [0.25, 0.3) is 0 Å². The van der Waals surface area contributed by atoms with E-state index < -0.39 is 5.91 Å². The molecule has 0 aliphatic heterocycles. The van der Waals surface area contributed by atoms with Crippen LogP contribution in [-0.2, 0) is 4.79 Å². The molecule has 0 bridgehead atoms. The highest BCUT2D eigenvalue weighted by Crippen LogP contribution is 2.31. The Balaban J connectivity index is 1.62. The Kier molecular flexibility index (Phi) is 4.61. The van der Waals surface area contributed by atoms with E-state index in [1.807, 2.05) is 19.1 Å². The van der Waals surface area contributed by atoms with E-state index >= 15 is 0 Å². The standard InChI is InChI=1S/C17H17N3O3S/c1-10-4-7-12(9-13(10)19-15(21)11-5-6-11)18-17(24)20-16(22)14-3-2-8-23-14/h2-4,7-9,11H,5-6H2,1H3,(H,19,21)(H2,18,20,22,24). The fourth-order valence-corrected chi connectivity index (χ4v) is 2.36. The quantitative estimate of drug-likeness (QED) is 0.743. The number of nitrogens with one attached hydrogen (secondary N) is 3. The van der Waals surface area contributed by atoms with E-state index in [0.29, 0.717) is 5.69 Å². The van der Waals surface area contributed by atoms with Crippen LogP contribution in [0.1, 0.15) is 29.0 Å². The van der Waals surface area contributed by atoms with Crippen molar-refractivity contribution in [2.75, 3.05) is 10.6 Å². The van der Waals surface area contributed by atoms with Gasteiger partial charge in [-0.2, -0.15) is 0 Å². The molecule has 1 aliphatic carbocycles. The lowest BCUT2D eigenvalue weighted by molar-refractivity contribution is -0.117. The molecule has 24 heavy (non-hydrogen) atoms. The summed E-state index contributed by atoms with van der Waals surface area (Å²) in [6.45, 7) is 1.92. The number of furan rings is 1. The van der Waals surface area contributed by atoms with Gasteiger partial charge in [-0.1, -0.05) is 6.07 Å². The predicted octanol–water partition coefficient (Wildman–Crippen LogP) is 3.06. The number of benzene rings is 1. The van der Waals surface area contributed by atoms with Gasteiger partial charge >= 0.3 is 0 Å². The van der Waals surface area contributed by atoms with Crippen LogP contribution in [0.4, 0.5) is 11.4 Å². The Hall–Kier alpha value is -2.67. The zero-order valence-corrected chi connectivity index (χ0v) is 13.9. The molecular formula is C17H17N3O3S. The lowest BCUT2D eigenvalue weighted by Gasteiger charge is -2.13. The number of rotatable bonds is 4. The zero-order valence-electron chi connectivity index (χ0n) is 13.1. The van der Waals surface area contributed by atoms with Crippen molar-refractivity contribution in [1.82, 2.24) is 5.32 Å². The molecular weight excluding hydrogens is 326 g/mol. The van der Waals surface area contributed by atoms with E-state index in [-0.39, 0.29) is 22.7 Å². The molecule has 6 nitrogen and oxygen atoms in total.